The Hall–Kier alpha value is -0.830. The van der Waals surface area contributed by atoms with E-state index in [9.17, 15) is 13.7 Å². The van der Waals surface area contributed by atoms with Crippen molar-refractivity contribution in [2.45, 2.75) is 83.2 Å². The maximum atomic E-state index is 14.8. The van der Waals surface area contributed by atoms with Crippen molar-refractivity contribution < 1.29 is 18.5 Å². The smallest absolute Gasteiger partial charge is 0.410 e. The van der Waals surface area contributed by atoms with Crippen LogP contribution in [0.15, 0.2) is 22.7 Å². The van der Waals surface area contributed by atoms with Crippen LogP contribution in [0, 0.1) is 11.2 Å². The first-order valence-corrected chi connectivity index (χ1v) is 12.3. The Labute approximate surface area is 190 Å². The summed E-state index contributed by atoms with van der Waals surface area (Å²) < 4.78 is 36.7. The predicted octanol–water partition coefficient (Wildman–Crippen LogP) is 4.95. The lowest BCUT2D eigenvalue weighted by atomic mass is 9.92. The average molecular weight is 503 g/mol. The molecular weight excluding hydrogens is 471 g/mol. The van der Waals surface area contributed by atoms with Gasteiger partial charge in [0.2, 0.25) is 0 Å². The zero-order valence-corrected chi connectivity index (χ0v) is 21.0. The van der Waals surface area contributed by atoms with Gasteiger partial charge >= 0.3 is 6.09 Å². The molecule has 0 unspecified atom stereocenters. The van der Waals surface area contributed by atoms with E-state index in [4.69, 9.17) is 4.74 Å². The minimum absolute atomic E-state index is 0.134. The summed E-state index contributed by atoms with van der Waals surface area (Å²) in [6.07, 6.45) is 1.82. The summed E-state index contributed by atoms with van der Waals surface area (Å²) in [7, 11) is 0. The fraction of sp³-hybridized carbons (Fsp3) is 0.682. The normalized spacial score (nSPS) is 24.2. The first kappa shape index (κ1) is 23.8. The molecule has 1 saturated heterocycles. The van der Waals surface area contributed by atoms with Crippen LogP contribution in [0.3, 0.4) is 0 Å². The van der Waals surface area contributed by atoms with E-state index in [-0.39, 0.29) is 23.3 Å². The maximum absolute atomic E-state index is 14.8. The molecule has 5 nitrogen and oxygen atoms in total. The second-order valence-electron chi connectivity index (χ2n) is 10.4. The minimum Gasteiger partial charge on any atom is -0.598 e. The molecule has 0 radical (unpaired) electrons. The first-order valence-electron chi connectivity index (χ1n) is 10.3. The van der Waals surface area contributed by atoms with E-state index in [0.717, 1.165) is 12.8 Å². The highest BCUT2D eigenvalue weighted by Gasteiger charge is 2.62. The van der Waals surface area contributed by atoms with Gasteiger partial charge in [-0.3, -0.25) is 0 Å². The number of halogens is 2. The zero-order chi connectivity index (χ0) is 22.5. The molecule has 1 spiro atoms. The van der Waals surface area contributed by atoms with E-state index in [0.29, 0.717) is 23.0 Å². The molecule has 168 valence electrons. The van der Waals surface area contributed by atoms with Gasteiger partial charge in [0.15, 0.2) is 0 Å². The number of nitrogens with zero attached hydrogens (tertiary/aromatic N) is 1. The zero-order valence-electron chi connectivity index (χ0n) is 18.6. The van der Waals surface area contributed by atoms with Crippen LogP contribution in [-0.4, -0.2) is 44.5 Å². The van der Waals surface area contributed by atoms with Gasteiger partial charge in [0.1, 0.15) is 16.2 Å². The van der Waals surface area contributed by atoms with E-state index in [1.54, 1.807) is 23.1 Å². The lowest BCUT2D eigenvalue weighted by Crippen LogP contribution is -2.53. The third-order valence-corrected chi connectivity index (χ3v) is 7.89. The molecule has 2 aliphatic rings. The number of benzene rings is 1. The molecule has 1 saturated carbocycles. The Morgan fingerprint density at radius 2 is 1.97 bits per heavy atom. The van der Waals surface area contributed by atoms with E-state index in [1.165, 1.54) is 0 Å². The van der Waals surface area contributed by atoms with Crippen molar-refractivity contribution in [3.8, 4) is 0 Å². The Kier molecular flexibility index (Phi) is 6.56. The van der Waals surface area contributed by atoms with Gasteiger partial charge in [-0.15, -0.1) is 4.72 Å². The molecule has 2 fully saturated rings. The Morgan fingerprint density at radius 1 is 1.33 bits per heavy atom. The predicted molar refractivity (Wildman–Crippen MR) is 121 cm³/mol. The number of ether oxygens (including phenoxy) is 1. The van der Waals surface area contributed by atoms with Gasteiger partial charge in [0, 0.05) is 23.3 Å². The van der Waals surface area contributed by atoms with E-state index >= 15 is 0 Å². The van der Waals surface area contributed by atoms with Crippen molar-refractivity contribution >= 4 is 33.4 Å². The Balaban J connectivity index is 1.94. The Morgan fingerprint density at radius 3 is 2.50 bits per heavy atom. The third kappa shape index (κ3) is 5.14. The van der Waals surface area contributed by atoms with Crippen LogP contribution < -0.4 is 4.72 Å². The minimum atomic E-state index is -1.30. The van der Waals surface area contributed by atoms with Crippen LogP contribution in [0.4, 0.5) is 9.18 Å². The summed E-state index contributed by atoms with van der Waals surface area (Å²) in [5.41, 5.74) is -0.238. The third-order valence-electron chi connectivity index (χ3n) is 5.70. The lowest BCUT2D eigenvalue weighted by Gasteiger charge is -2.33. The molecule has 1 heterocycles. The molecule has 1 aromatic carbocycles. The molecule has 1 aliphatic heterocycles. The van der Waals surface area contributed by atoms with Crippen LogP contribution in [0.5, 0.6) is 0 Å². The van der Waals surface area contributed by atoms with Gasteiger partial charge in [-0.2, -0.15) is 0 Å². The molecular formula is C22H32BrFN2O3S. The van der Waals surface area contributed by atoms with Crippen LogP contribution in [-0.2, 0) is 22.5 Å². The standard InChI is InChI=1S/C22H32BrFN2O3S/c1-20(2,3)29-19(27)26-13-22(10-11-22)18(25-30(28)21(4,5)6)16(26)12-14-8-7-9-15(23)17(14)24/h7-9,16,18,25H,10-13H2,1-6H3/t16-,18+,30-/m1/s1. The maximum Gasteiger partial charge on any atom is 0.410 e. The number of amides is 1. The summed E-state index contributed by atoms with van der Waals surface area (Å²) in [6, 6.07) is 4.65. The van der Waals surface area contributed by atoms with Crippen molar-refractivity contribution in [3.63, 3.8) is 0 Å². The fourth-order valence-corrected chi connectivity index (χ4v) is 5.35. The number of nitrogens with one attached hydrogen (secondary N) is 1. The highest BCUT2D eigenvalue weighted by molar-refractivity contribution is 9.10. The van der Waals surface area contributed by atoms with Crippen molar-refractivity contribution in [2.24, 2.45) is 5.41 Å². The second kappa shape index (κ2) is 8.26. The molecule has 1 aromatic rings. The molecule has 3 atom stereocenters. The van der Waals surface area contributed by atoms with Gasteiger partial charge in [0.05, 0.1) is 16.6 Å². The van der Waals surface area contributed by atoms with Crippen molar-refractivity contribution in [1.82, 2.24) is 9.62 Å². The molecule has 8 heteroatoms. The van der Waals surface area contributed by atoms with Gasteiger partial charge < -0.3 is 14.2 Å². The van der Waals surface area contributed by atoms with E-state index in [1.807, 2.05) is 41.5 Å². The van der Waals surface area contributed by atoms with Gasteiger partial charge in [-0.25, -0.2) is 9.18 Å². The highest BCUT2D eigenvalue weighted by Crippen LogP contribution is 2.56. The molecule has 3 rings (SSSR count). The quantitative estimate of drug-likeness (QED) is 0.591. The topological polar surface area (TPSA) is 64.6 Å². The van der Waals surface area contributed by atoms with Gasteiger partial charge in [-0.05, 0) is 88.4 Å². The van der Waals surface area contributed by atoms with Crippen LogP contribution in [0.25, 0.3) is 0 Å². The summed E-state index contributed by atoms with van der Waals surface area (Å²) in [5, 5.41) is 0. The van der Waals surface area contributed by atoms with E-state index < -0.39 is 27.8 Å². The van der Waals surface area contributed by atoms with Gasteiger partial charge in [0.25, 0.3) is 0 Å². The first-order chi connectivity index (χ1) is 13.7. The molecule has 0 bridgehead atoms. The highest BCUT2D eigenvalue weighted by atomic mass is 79.9. The van der Waals surface area contributed by atoms with Crippen molar-refractivity contribution in [3.05, 3.63) is 34.1 Å². The molecule has 30 heavy (non-hydrogen) atoms. The van der Waals surface area contributed by atoms with Crippen LogP contribution in [0.1, 0.15) is 59.9 Å². The fourth-order valence-electron chi connectivity index (χ4n) is 3.95. The number of likely N-dealkylation sites (tertiary alicyclic amines) is 1. The van der Waals surface area contributed by atoms with Crippen molar-refractivity contribution in [1.29, 1.82) is 0 Å². The molecule has 1 aliphatic carbocycles. The number of hydrogen-bond acceptors (Lipinski definition) is 4. The number of carbonyl (C=O) groups excluding carboxylic acids is 1. The second-order valence-corrected chi connectivity index (χ2v) is 13.3. The van der Waals surface area contributed by atoms with E-state index in [2.05, 4.69) is 20.7 Å². The Bertz CT molecular complexity index is 805. The number of carbonyl (C=O) groups is 1. The largest absolute Gasteiger partial charge is 0.598 e. The van der Waals surface area contributed by atoms with Crippen LogP contribution >= 0.6 is 15.9 Å². The monoisotopic (exact) mass is 502 g/mol. The number of hydrogen-bond donors (Lipinski definition) is 1. The number of rotatable bonds is 4. The average Bonchev–Trinajstić information content (AvgIpc) is 3.31. The SMILES string of the molecule is CC(C)(C)OC(=O)N1CC2(CC2)[C@@H](N[S@+]([O-])C(C)(C)C)[C@H]1Cc1cccc(Br)c1F. The molecule has 0 aromatic heterocycles. The summed E-state index contributed by atoms with van der Waals surface area (Å²) >= 11 is 1.95. The van der Waals surface area contributed by atoms with Crippen LogP contribution in [0.2, 0.25) is 0 Å². The summed E-state index contributed by atoms with van der Waals surface area (Å²) in [4.78, 5) is 14.8. The molecule has 1 amide bonds. The summed E-state index contributed by atoms with van der Waals surface area (Å²) in [6.45, 7) is 11.8. The lowest BCUT2D eigenvalue weighted by molar-refractivity contribution is 0.0213. The summed E-state index contributed by atoms with van der Waals surface area (Å²) in [5.74, 6) is -0.325. The van der Waals surface area contributed by atoms with Crippen molar-refractivity contribution in [2.75, 3.05) is 6.54 Å². The molecule has 1 N–H and O–H groups in total. The van der Waals surface area contributed by atoms with Gasteiger partial charge in [-0.1, -0.05) is 12.1 Å².